The number of benzene rings is 2. The molecule has 0 saturated carbocycles. The molecule has 1 heterocycles. The van der Waals surface area contributed by atoms with E-state index < -0.39 is 22.7 Å². The Balaban J connectivity index is 2.17. The summed E-state index contributed by atoms with van der Waals surface area (Å²) in [6.45, 7) is 0.723. The number of rotatable bonds is 6. The number of likely N-dealkylation sites (tertiary alicyclic amines) is 1. The number of ketones is 1. The molecule has 1 fully saturated rings. The number of nitro groups is 1. The van der Waals surface area contributed by atoms with Crippen molar-refractivity contribution in [2.24, 2.45) is 0 Å². The SMILES string of the molecule is CN(C)CCN1C(=O)C(=O)C(=C(O)c2ccccc2)[C@H]1c1cccc([N+](=O)[O-])c1. The van der Waals surface area contributed by atoms with Crippen molar-refractivity contribution in [2.75, 3.05) is 27.2 Å². The van der Waals surface area contributed by atoms with Crippen LogP contribution in [0.1, 0.15) is 17.2 Å². The lowest BCUT2D eigenvalue weighted by Gasteiger charge is -2.26. The van der Waals surface area contributed by atoms with E-state index in [0.717, 1.165) is 0 Å². The van der Waals surface area contributed by atoms with E-state index in [0.29, 0.717) is 17.7 Å². The van der Waals surface area contributed by atoms with Crippen LogP contribution in [-0.2, 0) is 9.59 Å². The molecule has 1 amide bonds. The Labute approximate surface area is 167 Å². The largest absolute Gasteiger partial charge is 0.507 e. The van der Waals surface area contributed by atoms with Crippen LogP contribution < -0.4 is 0 Å². The van der Waals surface area contributed by atoms with Gasteiger partial charge in [-0.3, -0.25) is 19.7 Å². The number of nitro benzene ring substituents is 1. The van der Waals surface area contributed by atoms with Gasteiger partial charge in [-0.15, -0.1) is 0 Å². The number of nitrogens with zero attached hydrogens (tertiary/aromatic N) is 3. The van der Waals surface area contributed by atoms with Gasteiger partial charge >= 0.3 is 0 Å². The Morgan fingerprint density at radius 3 is 2.45 bits per heavy atom. The monoisotopic (exact) mass is 395 g/mol. The van der Waals surface area contributed by atoms with Gasteiger partial charge < -0.3 is 14.9 Å². The van der Waals surface area contributed by atoms with Gasteiger partial charge in [0.15, 0.2) is 0 Å². The first-order valence-corrected chi connectivity index (χ1v) is 9.04. The van der Waals surface area contributed by atoms with Gasteiger partial charge in [0.2, 0.25) is 0 Å². The Bertz CT molecular complexity index is 985. The third kappa shape index (κ3) is 4.02. The van der Waals surface area contributed by atoms with Crippen molar-refractivity contribution in [2.45, 2.75) is 6.04 Å². The zero-order chi connectivity index (χ0) is 21.1. The lowest BCUT2D eigenvalue weighted by molar-refractivity contribution is -0.384. The van der Waals surface area contributed by atoms with Gasteiger partial charge in [0.1, 0.15) is 5.76 Å². The third-order valence-corrected chi connectivity index (χ3v) is 4.77. The molecule has 1 aliphatic heterocycles. The fourth-order valence-electron chi connectivity index (χ4n) is 3.32. The van der Waals surface area contributed by atoms with Crippen LogP contribution in [0.25, 0.3) is 5.76 Å². The molecule has 0 bridgehead atoms. The van der Waals surface area contributed by atoms with Crippen LogP contribution in [0.4, 0.5) is 5.69 Å². The first kappa shape index (κ1) is 20.2. The molecule has 1 N–H and O–H groups in total. The molecule has 0 aromatic heterocycles. The summed E-state index contributed by atoms with van der Waals surface area (Å²) in [5.74, 6) is -1.84. The predicted octanol–water partition coefficient (Wildman–Crippen LogP) is 2.58. The van der Waals surface area contributed by atoms with Gasteiger partial charge in [0.05, 0.1) is 16.5 Å². The van der Waals surface area contributed by atoms with Crippen LogP contribution in [0.2, 0.25) is 0 Å². The smallest absolute Gasteiger partial charge is 0.295 e. The summed E-state index contributed by atoms with van der Waals surface area (Å²) in [5.41, 5.74) is 0.573. The maximum atomic E-state index is 12.8. The van der Waals surface area contributed by atoms with Crippen LogP contribution in [0, 0.1) is 10.1 Å². The molecule has 1 aliphatic rings. The molecule has 0 radical (unpaired) electrons. The van der Waals surface area contributed by atoms with Crippen molar-refractivity contribution in [1.82, 2.24) is 9.80 Å². The zero-order valence-electron chi connectivity index (χ0n) is 16.1. The highest BCUT2D eigenvalue weighted by atomic mass is 16.6. The van der Waals surface area contributed by atoms with Crippen LogP contribution >= 0.6 is 0 Å². The topological polar surface area (TPSA) is 104 Å². The fourth-order valence-corrected chi connectivity index (χ4v) is 3.32. The van der Waals surface area contributed by atoms with E-state index in [-0.39, 0.29) is 23.6 Å². The normalized spacial score (nSPS) is 18.4. The second kappa shape index (κ2) is 8.24. The molecule has 2 aromatic carbocycles. The Kier molecular flexibility index (Phi) is 5.74. The second-order valence-corrected chi connectivity index (χ2v) is 7.01. The molecule has 8 heteroatoms. The van der Waals surface area contributed by atoms with Crippen molar-refractivity contribution in [3.8, 4) is 0 Å². The molecular weight excluding hydrogens is 374 g/mol. The lowest BCUT2D eigenvalue weighted by Crippen LogP contribution is -2.35. The van der Waals surface area contributed by atoms with Gasteiger partial charge in [-0.1, -0.05) is 42.5 Å². The van der Waals surface area contributed by atoms with Crippen LogP contribution in [0.3, 0.4) is 0 Å². The molecule has 150 valence electrons. The molecule has 29 heavy (non-hydrogen) atoms. The minimum absolute atomic E-state index is 0.0690. The number of non-ortho nitro benzene ring substituents is 1. The van der Waals surface area contributed by atoms with Crippen molar-refractivity contribution in [3.63, 3.8) is 0 Å². The summed E-state index contributed by atoms with van der Waals surface area (Å²) in [4.78, 5) is 39.5. The highest BCUT2D eigenvalue weighted by Crippen LogP contribution is 2.39. The number of hydrogen-bond acceptors (Lipinski definition) is 6. The van der Waals surface area contributed by atoms with Crippen molar-refractivity contribution in [3.05, 3.63) is 81.4 Å². The quantitative estimate of drug-likeness (QED) is 0.265. The Morgan fingerprint density at radius 2 is 1.83 bits per heavy atom. The number of hydrogen-bond donors (Lipinski definition) is 1. The number of aliphatic hydroxyl groups excluding tert-OH is 1. The molecule has 3 rings (SSSR count). The molecule has 1 saturated heterocycles. The van der Waals surface area contributed by atoms with E-state index in [1.807, 2.05) is 19.0 Å². The number of aliphatic hydroxyl groups is 1. The average Bonchev–Trinajstić information content (AvgIpc) is 2.97. The number of carbonyl (C=O) groups excluding carboxylic acids is 2. The minimum Gasteiger partial charge on any atom is -0.507 e. The maximum Gasteiger partial charge on any atom is 0.295 e. The summed E-state index contributed by atoms with van der Waals surface area (Å²) in [5, 5.41) is 22.1. The van der Waals surface area contributed by atoms with Crippen LogP contribution in [0.15, 0.2) is 60.2 Å². The lowest BCUT2D eigenvalue weighted by atomic mass is 9.95. The number of carbonyl (C=O) groups is 2. The summed E-state index contributed by atoms with van der Waals surface area (Å²) in [6.07, 6.45) is 0. The van der Waals surface area contributed by atoms with E-state index in [4.69, 9.17) is 0 Å². The number of amides is 1. The predicted molar refractivity (Wildman–Crippen MR) is 107 cm³/mol. The van der Waals surface area contributed by atoms with Gasteiger partial charge in [-0.05, 0) is 19.7 Å². The summed E-state index contributed by atoms with van der Waals surface area (Å²) in [7, 11) is 3.67. The molecule has 0 aliphatic carbocycles. The summed E-state index contributed by atoms with van der Waals surface area (Å²) >= 11 is 0. The van der Waals surface area contributed by atoms with Crippen LogP contribution in [-0.4, -0.2) is 58.7 Å². The van der Waals surface area contributed by atoms with E-state index in [1.54, 1.807) is 36.4 Å². The summed E-state index contributed by atoms with van der Waals surface area (Å²) < 4.78 is 0. The van der Waals surface area contributed by atoms with Gasteiger partial charge in [0.25, 0.3) is 17.4 Å². The van der Waals surface area contributed by atoms with Crippen molar-refractivity contribution < 1.29 is 19.6 Å². The van der Waals surface area contributed by atoms with Crippen molar-refractivity contribution >= 4 is 23.1 Å². The number of Topliss-reactive ketones (excluding diaryl/α,β-unsaturated/α-hetero) is 1. The second-order valence-electron chi connectivity index (χ2n) is 7.01. The third-order valence-electron chi connectivity index (χ3n) is 4.77. The van der Waals surface area contributed by atoms with E-state index in [1.165, 1.54) is 23.1 Å². The van der Waals surface area contributed by atoms with Gasteiger partial charge in [-0.25, -0.2) is 0 Å². The van der Waals surface area contributed by atoms with E-state index in [9.17, 15) is 24.8 Å². The summed E-state index contributed by atoms with van der Waals surface area (Å²) in [6, 6.07) is 13.3. The Morgan fingerprint density at radius 1 is 1.14 bits per heavy atom. The van der Waals surface area contributed by atoms with E-state index in [2.05, 4.69) is 0 Å². The molecule has 0 spiro atoms. The molecule has 2 aromatic rings. The fraction of sp³-hybridized carbons (Fsp3) is 0.238. The molecular formula is C21H21N3O5. The first-order chi connectivity index (χ1) is 13.8. The van der Waals surface area contributed by atoms with E-state index >= 15 is 0 Å². The van der Waals surface area contributed by atoms with Crippen LogP contribution in [0.5, 0.6) is 0 Å². The van der Waals surface area contributed by atoms with Gasteiger partial charge in [0, 0.05) is 30.8 Å². The van der Waals surface area contributed by atoms with Crippen molar-refractivity contribution in [1.29, 1.82) is 0 Å². The molecule has 0 unspecified atom stereocenters. The zero-order valence-corrected chi connectivity index (χ0v) is 16.1. The van der Waals surface area contributed by atoms with Gasteiger partial charge in [-0.2, -0.15) is 0 Å². The Hall–Kier alpha value is -3.52. The highest BCUT2D eigenvalue weighted by molar-refractivity contribution is 6.46. The first-order valence-electron chi connectivity index (χ1n) is 9.04. The molecule has 8 nitrogen and oxygen atoms in total. The maximum absolute atomic E-state index is 12.8. The molecule has 1 atom stereocenters. The minimum atomic E-state index is -0.907. The number of likely N-dealkylation sites (N-methyl/N-ethyl adjacent to an activating group) is 1. The average molecular weight is 395 g/mol. The highest BCUT2D eigenvalue weighted by Gasteiger charge is 2.46. The standard InChI is InChI=1S/C21H21N3O5/c1-22(2)11-12-23-18(15-9-6-10-16(13-15)24(28)29)17(20(26)21(23)27)19(25)14-7-4-3-5-8-14/h3-10,13,18,25H,11-12H2,1-2H3/t18-/m1/s1.